The normalized spacial score (nSPS) is 18.8. The molecule has 0 amide bonds. The van der Waals surface area contributed by atoms with Crippen LogP contribution in [-0.4, -0.2) is 19.8 Å². The molecule has 4 heteroatoms. The van der Waals surface area contributed by atoms with Crippen molar-refractivity contribution < 1.29 is 13.5 Å². The maximum absolute atomic E-state index is 11.7. The van der Waals surface area contributed by atoms with Crippen molar-refractivity contribution in [1.29, 1.82) is 0 Å². The number of benzene rings is 2. The van der Waals surface area contributed by atoms with Gasteiger partial charge in [-0.15, -0.1) is 0 Å². The van der Waals surface area contributed by atoms with E-state index in [1.165, 1.54) is 24.7 Å². The minimum absolute atomic E-state index is 0.109. The largest absolute Gasteiger partial charge is 0.508 e. The van der Waals surface area contributed by atoms with Crippen LogP contribution < -0.4 is 0 Å². The van der Waals surface area contributed by atoms with E-state index < -0.39 is 9.84 Å². The zero-order valence-electron chi connectivity index (χ0n) is 14.8. The average molecular weight is 366 g/mol. The van der Waals surface area contributed by atoms with E-state index in [4.69, 9.17) is 0 Å². The lowest BCUT2D eigenvalue weighted by atomic mass is 9.88. The van der Waals surface area contributed by atoms with Crippen molar-refractivity contribution in [2.24, 2.45) is 5.41 Å². The van der Waals surface area contributed by atoms with Gasteiger partial charge in [0.05, 0.1) is 4.90 Å². The van der Waals surface area contributed by atoms with Crippen molar-refractivity contribution in [3.8, 4) is 5.75 Å². The Bertz CT molecular complexity index is 988. The Morgan fingerprint density at radius 3 is 1.73 bits per heavy atom. The predicted octanol–water partition coefficient (Wildman–Crippen LogP) is 4.84. The van der Waals surface area contributed by atoms with Gasteiger partial charge in [-0.05, 0) is 59.4 Å². The van der Waals surface area contributed by atoms with E-state index >= 15 is 0 Å². The molecule has 0 aromatic heterocycles. The quantitative estimate of drug-likeness (QED) is 0.846. The zero-order valence-corrected chi connectivity index (χ0v) is 15.6. The number of aromatic hydroxyl groups is 1. The molecule has 0 unspecified atom stereocenters. The van der Waals surface area contributed by atoms with Crippen molar-refractivity contribution >= 4 is 21.0 Å². The van der Waals surface area contributed by atoms with Gasteiger partial charge in [-0.2, -0.15) is 0 Å². The van der Waals surface area contributed by atoms with Gasteiger partial charge in [-0.3, -0.25) is 0 Å². The van der Waals surface area contributed by atoms with E-state index in [2.05, 4.69) is 12.2 Å². The van der Waals surface area contributed by atoms with Crippen molar-refractivity contribution in [3.05, 3.63) is 71.8 Å². The number of phenolic OH excluding ortho intramolecular Hbond substituents is 1. The summed E-state index contributed by atoms with van der Waals surface area (Å²) in [6.07, 6.45) is 10.7. The summed E-state index contributed by atoms with van der Waals surface area (Å²) in [6.45, 7) is 0. The number of hydrogen-bond donors (Lipinski definition) is 1. The summed E-state index contributed by atoms with van der Waals surface area (Å²) >= 11 is 0. The molecular weight excluding hydrogens is 344 g/mol. The number of hydrogen-bond acceptors (Lipinski definition) is 3. The lowest BCUT2D eigenvalue weighted by Gasteiger charge is -2.16. The number of allylic oxidation sites excluding steroid dienone is 4. The van der Waals surface area contributed by atoms with Crippen LogP contribution in [-0.2, 0) is 9.84 Å². The third-order valence-electron chi connectivity index (χ3n) is 5.46. The van der Waals surface area contributed by atoms with Gasteiger partial charge in [0.1, 0.15) is 5.75 Å². The molecule has 0 atom stereocenters. The molecule has 1 N–H and O–H groups in total. The zero-order chi connectivity index (χ0) is 18.4. The van der Waals surface area contributed by atoms with Gasteiger partial charge in [0.15, 0.2) is 9.84 Å². The Balaban J connectivity index is 1.79. The molecule has 134 valence electrons. The second-order valence-corrected chi connectivity index (χ2v) is 9.42. The van der Waals surface area contributed by atoms with Gasteiger partial charge in [0, 0.05) is 11.7 Å². The first kappa shape index (κ1) is 17.1. The summed E-state index contributed by atoms with van der Waals surface area (Å²) in [5, 5.41) is 9.60. The van der Waals surface area contributed by atoms with E-state index in [0.29, 0.717) is 4.90 Å². The molecule has 26 heavy (non-hydrogen) atoms. The molecular formula is C22H22O3S. The number of sulfone groups is 1. The van der Waals surface area contributed by atoms with Crippen molar-refractivity contribution in [3.63, 3.8) is 0 Å². The fraction of sp³-hybridized carbons (Fsp3) is 0.273. The fourth-order valence-electron chi connectivity index (χ4n) is 4.09. The van der Waals surface area contributed by atoms with Gasteiger partial charge in [-0.1, -0.05) is 49.3 Å². The molecule has 0 saturated heterocycles. The highest BCUT2D eigenvalue weighted by atomic mass is 32.2. The van der Waals surface area contributed by atoms with Gasteiger partial charge >= 0.3 is 0 Å². The lowest BCUT2D eigenvalue weighted by Crippen LogP contribution is -2.05. The van der Waals surface area contributed by atoms with Crippen LogP contribution in [0, 0.1) is 5.41 Å². The Morgan fingerprint density at radius 2 is 1.27 bits per heavy atom. The molecule has 0 aliphatic heterocycles. The molecule has 0 bridgehead atoms. The third kappa shape index (κ3) is 3.10. The van der Waals surface area contributed by atoms with Crippen LogP contribution in [0.3, 0.4) is 0 Å². The van der Waals surface area contributed by atoms with Gasteiger partial charge in [0.25, 0.3) is 0 Å². The summed E-state index contributed by atoms with van der Waals surface area (Å²) in [5.74, 6) is 0.256. The Labute approximate surface area is 154 Å². The monoisotopic (exact) mass is 366 g/mol. The molecule has 2 aliphatic rings. The van der Waals surface area contributed by atoms with Crippen LogP contribution in [0.25, 0.3) is 11.1 Å². The summed E-state index contributed by atoms with van der Waals surface area (Å²) in [6, 6.07) is 14.4. The lowest BCUT2D eigenvalue weighted by molar-refractivity contribution is 0.475. The fourth-order valence-corrected chi connectivity index (χ4v) is 4.72. The van der Waals surface area contributed by atoms with E-state index in [9.17, 15) is 13.5 Å². The number of phenols is 1. The van der Waals surface area contributed by atoms with E-state index in [0.717, 1.165) is 29.5 Å². The Hall–Kier alpha value is -2.33. The van der Waals surface area contributed by atoms with Crippen LogP contribution in [0.15, 0.2) is 65.6 Å². The summed E-state index contributed by atoms with van der Waals surface area (Å²) in [4.78, 5) is 0.339. The molecule has 2 aliphatic carbocycles. The summed E-state index contributed by atoms with van der Waals surface area (Å²) < 4.78 is 23.5. The minimum Gasteiger partial charge on any atom is -0.508 e. The first-order valence-electron chi connectivity index (χ1n) is 8.92. The maximum Gasteiger partial charge on any atom is 0.175 e. The first-order chi connectivity index (χ1) is 12.4. The molecule has 1 saturated carbocycles. The Morgan fingerprint density at radius 1 is 0.808 bits per heavy atom. The van der Waals surface area contributed by atoms with Crippen molar-refractivity contribution in [1.82, 2.24) is 0 Å². The molecule has 1 fully saturated rings. The highest BCUT2D eigenvalue weighted by Gasteiger charge is 2.35. The van der Waals surface area contributed by atoms with Crippen LogP contribution in [0.5, 0.6) is 5.75 Å². The van der Waals surface area contributed by atoms with Gasteiger partial charge < -0.3 is 5.11 Å². The highest BCUT2D eigenvalue weighted by Crippen LogP contribution is 2.52. The van der Waals surface area contributed by atoms with Crippen LogP contribution in [0.4, 0.5) is 0 Å². The van der Waals surface area contributed by atoms with E-state index in [1.54, 1.807) is 24.3 Å². The van der Waals surface area contributed by atoms with Crippen LogP contribution in [0.1, 0.15) is 36.8 Å². The maximum atomic E-state index is 11.7. The third-order valence-corrected chi connectivity index (χ3v) is 6.59. The Kier molecular flexibility index (Phi) is 4.03. The molecule has 2 aromatic carbocycles. The smallest absolute Gasteiger partial charge is 0.175 e. The molecule has 0 radical (unpaired) electrons. The molecule has 2 aromatic rings. The predicted molar refractivity (Wildman–Crippen MR) is 105 cm³/mol. The minimum atomic E-state index is -3.20. The first-order valence-corrected chi connectivity index (χ1v) is 10.8. The van der Waals surface area contributed by atoms with E-state index in [-0.39, 0.29) is 11.2 Å². The van der Waals surface area contributed by atoms with Crippen molar-refractivity contribution in [2.75, 3.05) is 6.26 Å². The molecule has 4 rings (SSSR count). The van der Waals surface area contributed by atoms with Gasteiger partial charge in [0.2, 0.25) is 0 Å². The summed E-state index contributed by atoms with van der Waals surface area (Å²) in [5.41, 5.74) is 4.53. The van der Waals surface area contributed by atoms with E-state index in [1.807, 2.05) is 24.3 Å². The standard InChI is InChI=1S/C22H22O3S/c1-26(24,25)19-10-6-17(7-11-19)21-15-22(12-2-3-13-22)14-20(21)16-4-8-18(23)9-5-16/h4-11,14-15,23H,2-3,12-13H2,1H3. The molecule has 3 nitrogen and oxygen atoms in total. The average Bonchev–Trinajstić information content (AvgIpc) is 3.22. The topological polar surface area (TPSA) is 54.4 Å². The molecule has 0 heterocycles. The second-order valence-electron chi connectivity index (χ2n) is 7.40. The summed E-state index contributed by atoms with van der Waals surface area (Å²) in [7, 11) is -3.20. The SMILES string of the molecule is CS(=O)(=O)c1ccc(C2=CC3(C=C2c2ccc(O)cc2)CCCC3)cc1. The van der Waals surface area contributed by atoms with Crippen LogP contribution >= 0.6 is 0 Å². The molecule has 1 spiro atoms. The highest BCUT2D eigenvalue weighted by molar-refractivity contribution is 7.90. The second kappa shape index (κ2) is 6.13. The number of rotatable bonds is 3. The van der Waals surface area contributed by atoms with Gasteiger partial charge in [-0.25, -0.2) is 8.42 Å². The van der Waals surface area contributed by atoms with Crippen LogP contribution in [0.2, 0.25) is 0 Å². The van der Waals surface area contributed by atoms with Crippen molar-refractivity contribution in [2.45, 2.75) is 30.6 Å².